The van der Waals surface area contributed by atoms with E-state index >= 15 is 0 Å². The van der Waals surface area contributed by atoms with Crippen LogP contribution in [0.2, 0.25) is 0 Å². The number of nitrogens with zero attached hydrogens (tertiary/aromatic N) is 4. The molecule has 0 radical (unpaired) electrons. The molecule has 19 heavy (non-hydrogen) atoms. The number of aryl methyl sites for hydroxylation is 2. The van der Waals surface area contributed by atoms with Gasteiger partial charge in [-0.3, -0.25) is 0 Å². The maximum Gasteiger partial charge on any atom is 0.197 e. The SMILES string of the molecule is Cc1ccc(-c2cc[n+](CCS(=O)(=O)[O-])nc2)nn1. The Labute approximate surface area is 110 Å². The van der Waals surface area contributed by atoms with E-state index in [4.69, 9.17) is 0 Å². The summed E-state index contributed by atoms with van der Waals surface area (Å²) in [4.78, 5) is 0. The summed E-state index contributed by atoms with van der Waals surface area (Å²) in [6.07, 6.45) is 3.15. The zero-order valence-corrected chi connectivity index (χ0v) is 11.0. The normalized spacial score (nSPS) is 11.5. The van der Waals surface area contributed by atoms with Gasteiger partial charge >= 0.3 is 0 Å². The fourth-order valence-electron chi connectivity index (χ4n) is 1.43. The highest BCUT2D eigenvalue weighted by atomic mass is 32.2. The van der Waals surface area contributed by atoms with Gasteiger partial charge in [0.1, 0.15) is 16.3 Å². The Hall–Kier alpha value is -1.93. The third kappa shape index (κ3) is 4.04. The summed E-state index contributed by atoms with van der Waals surface area (Å²) in [6.45, 7) is 1.88. The average molecular weight is 280 g/mol. The second kappa shape index (κ2) is 5.37. The molecule has 0 N–H and O–H groups in total. The Bertz CT molecular complexity index is 653. The summed E-state index contributed by atoms with van der Waals surface area (Å²) < 4.78 is 32.9. The van der Waals surface area contributed by atoms with E-state index in [1.54, 1.807) is 18.5 Å². The second-order valence-electron chi connectivity index (χ2n) is 4.00. The van der Waals surface area contributed by atoms with Gasteiger partial charge in [-0.1, -0.05) is 4.68 Å². The minimum absolute atomic E-state index is 0.0334. The summed E-state index contributed by atoms with van der Waals surface area (Å²) in [5.41, 5.74) is 2.28. The molecular formula is C11H12N4O3S. The molecule has 0 amide bonds. The van der Waals surface area contributed by atoms with Crippen LogP contribution in [0.3, 0.4) is 0 Å². The van der Waals surface area contributed by atoms with Crippen LogP contribution in [0.15, 0.2) is 30.6 Å². The predicted molar refractivity (Wildman–Crippen MR) is 64.8 cm³/mol. The lowest BCUT2D eigenvalue weighted by atomic mass is 10.2. The van der Waals surface area contributed by atoms with Gasteiger partial charge in [0.2, 0.25) is 0 Å². The van der Waals surface area contributed by atoms with E-state index in [1.807, 2.05) is 19.1 Å². The molecule has 0 aliphatic heterocycles. The molecule has 0 fully saturated rings. The minimum atomic E-state index is -4.22. The molecule has 0 unspecified atom stereocenters. The quantitative estimate of drug-likeness (QED) is 0.562. The molecule has 0 saturated heterocycles. The molecule has 0 saturated carbocycles. The number of hydrogen-bond donors (Lipinski definition) is 0. The Morgan fingerprint density at radius 3 is 2.58 bits per heavy atom. The molecule has 0 aromatic carbocycles. The highest BCUT2D eigenvalue weighted by Gasteiger charge is 2.07. The molecule has 0 spiro atoms. The zero-order chi connectivity index (χ0) is 13.9. The van der Waals surface area contributed by atoms with E-state index in [2.05, 4.69) is 15.3 Å². The molecule has 2 heterocycles. The molecule has 2 rings (SSSR count). The van der Waals surface area contributed by atoms with Crippen molar-refractivity contribution in [1.82, 2.24) is 15.3 Å². The average Bonchev–Trinajstić information content (AvgIpc) is 2.37. The van der Waals surface area contributed by atoms with Gasteiger partial charge < -0.3 is 4.55 Å². The van der Waals surface area contributed by atoms with Crippen LogP contribution in [-0.2, 0) is 16.7 Å². The first-order valence-corrected chi connectivity index (χ1v) is 7.12. The van der Waals surface area contributed by atoms with Crippen molar-refractivity contribution in [3.8, 4) is 11.3 Å². The smallest absolute Gasteiger partial charge is 0.197 e. The Morgan fingerprint density at radius 1 is 1.26 bits per heavy atom. The van der Waals surface area contributed by atoms with Gasteiger partial charge in [0.25, 0.3) is 0 Å². The fraction of sp³-hybridized carbons (Fsp3) is 0.273. The molecule has 8 heteroatoms. The number of hydrogen-bond acceptors (Lipinski definition) is 6. The van der Waals surface area contributed by atoms with Crippen molar-refractivity contribution in [3.63, 3.8) is 0 Å². The lowest BCUT2D eigenvalue weighted by Crippen LogP contribution is -2.40. The zero-order valence-electron chi connectivity index (χ0n) is 10.2. The minimum Gasteiger partial charge on any atom is -0.748 e. The van der Waals surface area contributed by atoms with Crippen molar-refractivity contribution in [2.75, 3.05) is 5.75 Å². The predicted octanol–water partition coefficient (Wildman–Crippen LogP) is -0.320. The van der Waals surface area contributed by atoms with E-state index in [9.17, 15) is 13.0 Å². The molecule has 0 bridgehead atoms. The van der Waals surface area contributed by atoms with Crippen LogP contribution in [0.1, 0.15) is 5.69 Å². The Morgan fingerprint density at radius 2 is 2.05 bits per heavy atom. The first-order valence-electron chi connectivity index (χ1n) is 5.54. The van der Waals surface area contributed by atoms with E-state index in [-0.39, 0.29) is 6.54 Å². The van der Waals surface area contributed by atoms with Gasteiger partial charge in [0.05, 0.1) is 17.1 Å². The van der Waals surface area contributed by atoms with E-state index < -0.39 is 15.9 Å². The highest BCUT2D eigenvalue weighted by Crippen LogP contribution is 2.12. The van der Waals surface area contributed by atoms with Crippen LogP contribution in [0.5, 0.6) is 0 Å². The van der Waals surface area contributed by atoms with E-state index in [0.717, 1.165) is 11.3 Å². The standard InChI is InChI=1S/C11H12N4O3S/c1-9-2-3-11(14-13-9)10-4-5-15(12-8-10)6-7-19(16,17)18/h2-5,8H,6-7H2,1H3. The summed E-state index contributed by atoms with van der Waals surface area (Å²) >= 11 is 0. The maximum absolute atomic E-state index is 10.5. The molecule has 0 aliphatic carbocycles. The van der Waals surface area contributed by atoms with Crippen molar-refractivity contribution < 1.29 is 17.7 Å². The van der Waals surface area contributed by atoms with Gasteiger partial charge in [0, 0.05) is 11.6 Å². The molecule has 2 aromatic heterocycles. The van der Waals surface area contributed by atoms with Gasteiger partial charge in [-0.15, -0.1) is 0 Å². The Balaban J connectivity index is 2.12. The number of rotatable bonds is 4. The van der Waals surface area contributed by atoms with Crippen LogP contribution in [0.25, 0.3) is 11.3 Å². The fourth-order valence-corrected chi connectivity index (χ4v) is 1.84. The monoisotopic (exact) mass is 280 g/mol. The van der Waals surface area contributed by atoms with Crippen LogP contribution < -0.4 is 4.68 Å². The van der Waals surface area contributed by atoms with Crippen molar-refractivity contribution in [2.24, 2.45) is 0 Å². The van der Waals surface area contributed by atoms with Crippen molar-refractivity contribution >= 4 is 10.1 Å². The number of aromatic nitrogens is 4. The molecule has 0 aliphatic rings. The summed E-state index contributed by atoms with van der Waals surface area (Å²) in [6, 6.07) is 5.41. The summed E-state index contributed by atoms with van der Waals surface area (Å²) in [5.74, 6) is -0.478. The maximum atomic E-state index is 10.5. The molecule has 100 valence electrons. The first kappa shape index (κ1) is 13.5. The summed E-state index contributed by atoms with van der Waals surface area (Å²) in [5, 5.41) is 12.0. The molecular weight excluding hydrogens is 268 g/mol. The van der Waals surface area contributed by atoms with Crippen molar-refractivity contribution in [3.05, 3.63) is 36.3 Å². The van der Waals surface area contributed by atoms with Gasteiger partial charge in [-0.25, -0.2) is 8.42 Å². The molecule has 2 aromatic rings. The molecule has 0 atom stereocenters. The highest BCUT2D eigenvalue weighted by molar-refractivity contribution is 7.85. The second-order valence-corrected chi connectivity index (χ2v) is 5.52. The van der Waals surface area contributed by atoms with Crippen molar-refractivity contribution in [1.29, 1.82) is 0 Å². The van der Waals surface area contributed by atoms with Gasteiger partial charge in [-0.05, 0) is 24.2 Å². The van der Waals surface area contributed by atoms with Crippen LogP contribution in [0.4, 0.5) is 0 Å². The van der Waals surface area contributed by atoms with Crippen LogP contribution in [-0.4, -0.2) is 34.0 Å². The lowest BCUT2D eigenvalue weighted by molar-refractivity contribution is -0.750. The third-order valence-corrected chi connectivity index (χ3v) is 3.12. The molecule has 7 nitrogen and oxygen atoms in total. The first-order chi connectivity index (χ1) is 8.94. The van der Waals surface area contributed by atoms with Crippen molar-refractivity contribution in [2.45, 2.75) is 13.5 Å². The summed E-state index contributed by atoms with van der Waals surface area (Å²) in [7, 11) is -4.22. The lowest BCUT2D eigenvalue weighted by Gasteiger charge is -2.02. The van der Waals surface area contributed by atoms with Crippen LogP contribution in [0, 0.1) is 6.92 Å². The van der Waals surface area contributed by atoms with Gasteiger partial charge in [-0.2, -0.15) is 10.2 Å². The van der Waals surface area contributed by atoms with E-state index in [1.165, 1.54) is 4.68 Å². The topological polar surface area (TPSA) is 99.8 Å². The Kier molecular flexibility index (Phi) is 3.82. The van der Waals surface area contributed by atoms with Gasteiger partial charge in [0.15, 0.2) is 12.7 Å². The van der Waals surface area contributed by atoms with E-state index in [0.29, 0.717) is 5.69 Å². The van der Waals surface area contributed by atoms with Crippen LogP contribution >= 0.6 is 0 Å². The third-order valence-electron chi connectivity index (χ3n) is 2.44. The largest absolute Gasteiger partial charge is 0.748 e.